The number of rotatable bonds is 6. The lowest BCUT2D eigenvalue weighted by molar-refractivity contribution is 0.317. The number of nitrogens with one attached hydrogen (secondary N) is 1. The van der Waals surface area contributed by atoms with E-state index in [1.54, 1.807) is 0 Å². The minimum absolute atomic E-state index is 0.550. The molecule has 0 atom stereocenters. The fourth-order valence-electron chi connectivity index (χ4n) is 1.96. The summed E-state index contributed by atoms with van der Waals surface area (Å²) in [5.74, 6) is 0. The van der Waals surface area contributed by atoms with Crippen molar-refractivity contribution in [1.29, 1.82) is 0 Å². The first-order valence-electron chi connectivity index (χ1n) is 6.49. The molecule has 1 N–H and O–H groups in total. The van der Waals surface area contributed by atoms with Crippen LogP contribution >= 0.6 is 0 Å². The first-order chi connectivity index (χ1) is 8.65. The van der Waals surface area contributed by atoms with Crippen molar-refractivity contribution in [3.63, 3.8) is 0 Å². The lowest BCUT2D eigenvalue weighted by atomic mass is 10.4. The molecule has 18 heavy (non-hydrogen) atoms. The highest BCUT2D eigenvalue weighted by molar-refractivity contribution is 5.39. The molecule has 2 aromatic rings. The molecule has 4 nitrogen and oxygen atoms in total. The lowest BCUT2D eigenvalue weighted by Gasteiger charge is -2.16. The van der Waals surface area contributed by atoms with Gasteiger partial charge in [-0.25, -0.2) is 4.98 Å². The minimum atomic E-state index is 0.550. The maximum Gasteiger partial charge on any atom is 0.137 e. The van der Waals surface area contributed by atoms with Crippen LogP contribution in [-0.4, -0.2) is 40.5 Å². The minimum Gasteiger partial charge on any atom is -0.313 e. The Morgan fingerprint density at radius 1 is 1.39 bits per heavy atom. The Balaban J connectivity index is 1.88. The van der Waals surface area contributed by atoms with E-state index < -0.39 is 0 Å². The summed E-state index contributed by atoms with van der Waals surface area (Å²) in [6, 6.07) is 6.62. The molecule has 2 heterocycles. The van der Waals surface area contributed by atoms with Crippen LogP contribution in [0.4, 0.5) is 0 Å². The molecule has 0 aromatic carbocycles. The quantitative estimate of drug-likeness (QED) is 0.843. The van der Waals surface area contributed by atoms with Gasteiger partial charge < -0.3 is 9.72 Å². The summed E-state index contributed by atoms with van der Waals surface area (Å²) in [6.45, 7) is 7.28. The smallest absolute Gasteiger partial charge is 0.137 e. The topological polar surface area (TPSA) is 32.6 Å². The first kappa shape index (κ1) is 13.1. The van der Waals surface area contributed by atoms with Crippen LogP contribution in [0.5, 0.6) is 0 Å². The van der Waals surface area contributed by atoms with E-state index in [9.17, 15) is 0 Å². The van der Waals surface area contributed by atoms with Crippen molar-refractivity contribution in [2.24, 2.45) is 0 Å². The molecule has 2 rings (SSSR count). The second-order valence-corrected chi connectivity index (χ2v) is 5.04. The predicted molar refractivity (Wildman–Crippen MR) is 74.7 cm³/mol. The average Bonchev–Trinajstić information content (AvgIpc) is 2.70. The van der Waals surface area contributed by atoms with Crippen LogP contribution in [0, 0.1) is 0 Å². The van der Waals surface area contributed by atoms with Gasteiger partial charge in [0.15, 0.2) is 0 Å². The summed E-state index contributed by atoms with van der Waals surface area (Å²) in [6.07, 6.45) is 4.13. The summed E-state index contributed by atoms with van der Waals surface area (Å²) < 4.78 is 2.07. The maximum atomic E-state index is 4.60. The van der Waals surface area contributed by atoms with Gasteiger partial charge in [0.1, 0.15) is 5.65 Å². The molecule has 0 bridgehead atoms. The van der Waals surface area contributed by atoms with Gasteiger partial charge in [0, 0.05) is 38.1 Å². The average molecular weight is 246 g/mol. The molecule has 0 aliphatic heterocycles. The molecule has 98 valence electrons. The van der Waals surface area contributed by atoms with Crippen LogP contribution in [0.2, 0.25) is 0 Å². The number of nitrogens with zero attached hydrogens (tertiary/aromatic N) is 3. The summed E-state index contributed by atoms with van der Waals surface area (Å²) in [5.41, 5.74) is 2.13. The summed E-state index contributed by atoms with van der Waals surface area (Å²) in [7, 11) is 2.13. The molecule has 0 aliphatic carbocycles. The number of pyridine rings is 1. The van der Waals surface area contributed by atoms with Crippen LogP contribution in [0.1, 0.15) is 19.5 Å². The van der Waals surface area contributed by atoms with E-state index in [4.69, 9.17) is 0 Å². The highest BCUT2D eigenvalue weighted by atomic mass is 15.1. The Hall–Kier alpha value is -1.39. The van der Waals surface area contributed by atoms with Crippen molar-refractivity contribution in [3.05, 3.63) is 36.3 Å². The van der Waals surface area contributed by atoms with Crippen molar-refractivity contribution in [2.45, 2.75) is 26.4 Å². The number of hydrogen-bond donors (Lipinski definition) is 1. The Morgan fingerprint density at radius 3 is 2.94 bits per heavy atom. The lowest BCUT2D eigenvalue weighted by Crippen LogP contribution is -2.32. The SMILES string of the molecule is CC(C)NCCN(C)Cc1cn2ccccc2n1. The van der Waals surface area contributed by atoms with E-state index in [2.05, 4.69) is 46.7 Å². The largest absolute Gasteiger partial charge is 0.313 e. The second-order valence-electron chi connectivity index (χ2n) is 5.04. The Morgan fingerprint density at radius 2 is 2.22 bits per heavy atom. The highest BCUT2D eigenvalue weighted by Gasteiger charge is 2.04. The second kappa shape index (κ2) is 5.98. The molecule has 0 saturated carbocycles. The normalized spacial score (nSPS) is 11.8. The van der Waals surface area contributed by atoms with Gasteiger partial charge in [-0.3, -0.25) is 4.90 Å². The van der Waals surface area contributed by atoms with E-state index in [0.29, 0.717) is 6.04 Å². The Bertz CT molecular complexity index is 456. The third-order valence-electron chi connectivity index (χ3n) is 2.89. The van der Waals surface area contributed by atoms with Gasteiger partial charge in [0.2, 0.25) is 0 Å². The van der Waals surface area contributed by atoms with Gasteiger partial charge >= 0.3 is 0 Å². The molecule has 0 radical (unpaired) electrons. The van der Waals surface area contributed by atoms with Gasteiger partial charge in [-0.2, -0.15) is 0 Å². The van der Waals surface area contributed by atoms with Crippen LogP contribution in [0.15, 0.2) is 30.6 Å². The zero-order valence-corrected chi connectivity index (χ0v) is 11.4. The van der Waals surface area contributed by atoms with Gasteiger partial charge in [-0.1, -0.05) is 19.9 Å². The standard InChI is InChI=1S/C14H22N4/c1-12(2)15-7-9-17(3)10-13-11-18-8-5-4-6-14(18)16-13/h4-6,8,11-12,15H,7,9-10H2,1-3H3. The number of fused-ring (bicyclic) bond motifs is 1. The molecule has 0 fully saturated rings. The Kier molecular flexibility index (Phi) is 4.33. The van der Waals surface area contributed by atoms with Crippen molar-refractivity contribution in [2.75, 3.05) is 20.1 Å². The fraction of sp³-hybridized carbons (Fsp3) is 0.500. The Labute approximate surface area is 109 Å². The highest BCUT2D eigenvalue weighted by Crippen LogP contribution is 2.06. The zero-order chi connectivity index (χ0) is 13.0. The number of hydrogen-bond acceptors (Lipinski definition) is 3. The van der Waals surface area contributed by atoms with Crippen LogP contribution < -0.4 is 5.32 Å². The van der Waals surface area contributed by atoms with Crippen molar-refractivity contribution >= 4 is 5.65 Å². The number of aromatic nitrogens is 2. The molecule has 0 unspecified atom stereocenters. The van der Waals surface area contributed by atoms with E-state index in [1.165, 1.54) is 0 Å². The van der Waals surface area contributed by atoms with Crippen molar-refractivity contribution in [1.82, 2.24) is 19.6 Å². The van der Waals surface area contributed by atoms with Gasteiger partial charge in [-0.05, 0) is 19.2 Å². The fourth-order valence-corrected chi connectivity index (χ4v) is 1.96. The monoisotopic (exact) mass is 246 g/mol. The molecule has 2 aromatic heterocycles. The third kappa shape index (κ3) is 3.55. The molecular formula is C14H22N4. The number of imidazole rings is 1. The third-order valence-corrected chi connectivity index (χ3v) is 2.89. The molecule has 0 saturated heterocycles. The molecule has 0 amide bonds. The van der Waals surface area contributed by atoms with E-state index >= 15 is 0 Å². The summed E-state index contributed by atoms with van der Waals surface area (Å²) in [4.78, 5) is 6.89. The molecular weight excluding hydrogens is 224 g/mol. The van der Waals surface area contributed by atoms with Gasteiger partial charge in [0.25, 0.3) is 0 Å². The predicted octanol–water partition coefficient (Wildman–Crippen LogP) is 1.76. The summed E-state index contributed by atoms with van der Waals surface area (Å²) >= 11 is 0. The van der Waals surface area contributed by atoms with Crippen molar-refractivity contribution < 1.29 is 0 Å². The van der Waals surface area contributed by atoms with Gasteiger partial charge in [-0.15, -0.1) is 0 Å². The van der Waals surface area contributed by atoms with Crippen LogP contribution in [0.3, 0.4) is 0 Å². The zero-order valence-electron chi connectivity index (χ0n) is 11.4. The van der Waals surface area contributed by atoms with Gasteiger partial charge in [0.05, 0.1) is 5.69 Å². The molecule has 4 heteroatoms. The van der Waals surface area contributed by atoms with E-state index in [-0.39, 0.29) is 0 Å². The first-order valence-corrected chi connectivity index (χ1v) is 6.49. The maximum absolute atomic E-state index is 4.60. The molecule has 0 aliphatic rings. The van der Waals surface area contributed by atoms with E-state index in [1.807, 2.05) is 24.4 Å². The van der Waals surface area contributed by atoms with Crippen molar-refractivity contribution in [3.8, 4) is 0 Å². The number of likely N-dealkylation sites (N-methyl/N-ethyl adjacent to an activating group) is 1. The van der Waals surface area contributed by atoms with Crippen LogP contribution in [0.25, 0.3) is 5.65 Å². The van der Waals surface area contributed by atoms with Crippen LogP contribution in [-0.2, 0) is 6.54 Å². The van der Waals surface area contributed by atoms with E-state index in [0.717, 1.165) is 31.0 Å². The molecule has 0 spiro atoms. The summed E-state index contributed by atoms with van der Waals surface area (Å²) in [5, 5.41) is 3.42.